The SMILES string of the molecule is C=Cc1ccc(CN(Cc2ccccc2)Cc2ccccc2)cc1. The van der Waals surface area contributed by atoms with Gasteiger partial charge in [0.1, 0.15) is 0 Å². The van der Waals surface area contributed by atoms with Crippen LogP contribution < -0.4 is 0 Å². The second-order valence-corrected chi connectivity index (χ2v) is 6.06. The second-order valence-electron chi connectivity index (χ2n) is 6.06. The Morgan fingerprint density at radius 1 is 0.583 bits per heavy atom. The molecule has 120 valence electrons. The molecule has 1 heteroatoms. The predicted molar refractivity (Wildman–Crippen MR) is 102 cm³/mol. The quantitative estimate of drug-likeness (QED) is 0.554. The molecule has 0 aliphatic rings. The predicted octanol–water partition coefficient (Wildman–Crippen LogP) is 5.53. The van der Waals surface area contributed by atoms with Crippen molar-refractivity contribution >= 4 is 6.08 Å². The lowest BCUT2D eigenvalue weighted by molar-refractivity contribution is 0.247. The average Bonchev–Trinajstić information content (AvgIpc) is 2.64. The Morgan fingerprint density at radius 3 is 1.42 bits per heavy atom. The summed E-state index contributed by atoms with van der Waals surface area (Å²) in [5.74, 6) is 0. The van der Waals surface area contributed by atoms with Gasteiger partial charge >= 0.3 is 0 Å². The zero-order valence-electron chi connectivity index (χ0n) is 13.9. The highest BCUT2D eigenvalue weighted by Gasteiger charge is 2.08. The van der Waals surface area contributed by atoms with Gasteiger partial charge in [0.25, 0.3) is 0 Å². The summed E-state index contributed by atoms with van der Waals surface area (Å²) >= 11 is 0. The highest BCUT2D eigenvalue weighted by molar-refractivity contribution is 5.47. The Morgan fingerprint density at radius 2 is 1.00 bits per heavy atom. The van der Waals surface area contributed by atoms with E-state index in [9.17, 15) is 0 Å². The molecular formula is C23H23N. The topological polar surface area (TPSA) is 3.24 Å². The van der Waals surface area contributed by atoms with Crippen LogP contribution in [-0.4, -0.2) is 4.90 Å². The van der Waals surface area contributed by atoms with E-state index in [1.807, 2.05) is 6.08 Å². The molecule has 3 aromatic rings. The second kappa shape index (κ2) is 8.28. The van der Waals surface area contributed by atoms with Crippen molar-refractivity contribution < 1.29 is 0 Å². The third-order valence-corrected chi connectivity index (χ3v) is 4.12. The van der Waals surface area contributed by atoms with E-state index >= 15 is 0 Å². The standard InChI is InChI=1S/C23H23N/c1-2-20-13-15-23(16-14-20)19-24(17-21-9-5-3-6-10-21)18-22-11-7-4-8-12-22/h2-16H,1,17-19H2. The third-order valence-electron chi connectivity index (χ3n) is 4.12. The summed E-state index contributed by atoms with van der Waals surface area (Å²) in [6, 6.07) is 30.0. The van der Waals surface area contributed by atoms with Crippen LogP contribution in [0.5, 0.6) is 0 Å². The highest BCUT2D eigenvalue weighted by atomic mass is 15.1. The van der Waals surface area contributed by atoms with Crippen molar-refractivity contribution in [3.63, 3.8) is 0 Å². The molecule has 0 unspecified atom stereocenters. The molecule has 0 atom stereocenters. The lowest BCUT2D eigenvalue weighted by Crippen LogP contribution is -2.22. The molecule has 3 aromatic carbocycles. The first-order valence-electron chi connectivity index (χ1n) is 8.35. The Labute approximate surface area is 144 Å². The first kappa shape index (κ1) is 16.2. The Bertz CT molecular complexity index is 704. The van der Waals surface area contributed by atoms with E-state index in [0.29, 0.717) is 0 Å². The van der Waals surface area contributed by atoms with E-state index in [4.69, 9.17) is 0 Å². The summed E-state index contributed by atoms with van der Waals surface area (Å²) in [5, 5.41) is 0. The van der Waals surface area contributed by atoms with Crippen LogP contribution in [0.4, 0.5) is 0 Å². The van der Waals surface area contributed by atoms with Crippen LogP contribution in [0.3, 0.4) is 0 Å². The molecule has 0 saturated heterocycles. The molecule has 0 saturated carbocycles. The van der Waals surface area contributed by atoms with Gasteiger partial charge in [-0.25, -0.2) is 0 Å². The molecule has 0 aliphatic carbocycles. The summed E-state index contributed by atoms with van der Waals surface area (Å²) in [7, 11) is 0. The van der Waals surface area contributed by atoms with E-state index in [1.54, 1.807) is 0 Å². The van der Waals surface area contributed by atoms with Crippen LogP contribution in [0.25, 0.3) is 6.08 Å². The molecule has 0 radical (unpaired) electrons. The molecule has 0 amide bonds. The maximum atomic E-state index is 3.82. The fraction of sp³-hybridized carbons (Fsp3) is 0.130. The van der Waals surface area contributed by atoms with Crippen molar-refractivity contribution in [2.45, 2.75) is 19.6 Å². The van der Waals surface area contributed by atoms with E-state index in [-0.39, 0.29) is 0 Å². The summed E-state index contributed by atoms with van der Waals surface area (Å²) in [5.41, 5.74) is 5.18. The molecule has 3 rings (SSSR count). The van der Waals surface area contributed by atoms with Gasteiger partial charge in [-0.15, -0.1) is 0 Å². The van der Waals surface area contributed by atoms with E-state index in [0.717, 1.165) is 25.2 Å². The summed E-state index contributed by atoms with van der Waals surface area (Å²) in [4.78, 5) is 2.48. The minimum atomic E-state index is 0.932. The highest BCUT2D eigenvalue weighted by Crippen LogP contribution is 2.15. The summed E-state index contributed by atoms with van der Waals surface area (Å²) in [6.45, 7) is 6.64. The Kier molecular flexibility index (Phi) is 5.60. The van der Waals surface area contributed by atoms with Gasteiger partial charge in [0.2, 0.25) is 0 Å². The van der Waals surface area contributed by atoms with E-state index in [2.05, 4.69) is 96.4 Å². The van der Waals surface area contributed by atoms with Gasteiger partial charge in [-0.2, -0.15) is 0 Å². The average molecular weight is 313 g/mol. The van der Waals surface area contributed by atoms with Gasteiger partial charge < -0.3 is 0 Å². The lowest BCUT2D eigenvalue weighted by atomic mass is 10.1. The maximum absolute atomic E-state index is 3.82. The first-order chi connectivity index (χ1) is 11.8. The third kappa shape index (κ3) is 4.68. The Hall–Kier alpha value is -2.64. The minimum absolute atomic E-state index is 0.932. The number of nitrogens with zero attached hydrogens (tertiary/aromatic N) is 1. The molecule has 0 spiro atoms. The first-order valence-corrected chi connectivity index (χ1v) is 8.35. The van der Waals surface area contributed by atoms with Gasteiger partial charge in [-0.1, -0.05) is 97.6 Å². The van der Waals surface area contributed by atoms with E-state index in [1.165, 1.54) is 16.7 Å². The molecule has 0 aromatic heterocycles. The zero-order valence-corrected chi connectivity index (χ0v) is 13.9. The van der Waals surface area contributed by atoms with Crippen molar-refractivity contribution in [3.8, 4) is 0 Å². The number of rotatable bonds is 7. The zero-order chi connectivity index (χ0) is 16.6. The van der Waals surface area contributed by atoms with Crippen molar-refractivity contribution in [1.29, 1.82) is 0 Å². The maximum Gasteiger partial charge on any atom is 0.0240 e. The van der Waals surface area contributed by atoms with Crippen LogP contribution in [0.1, 0.15) is 22.3 Å². The summed E-state index contributed by atoms with van der Waals surface area (Å²) < 4.78 is 0. The number of hydrogen-bond acceptors (Lipinski definition) is 1. The van der Waals surface area contributed by atoms with Crippen molar-refractivity contribution in [2.75, 3.05) is 0 Å². The number of benzene rings is 3. The van der Waals surface area contributed by atoms with Crippen molar-refractivity contribution in [1.82, 2.24) is 4.90 Å². The largest absolute Gasteiger partial charge is 0.291 e. The number of hydrogen-bond donors (Lipinski definition) is 0. The molecule has 0 bridgehead atoms. The van der Waals surface area contributed by atoms with E-state index < -0.39 is 0 Å². The van der Waals surface area contributed by atoms with Gasteiger partial charge in [0, 0.05) is 19.6 Å². The van der Waals surface area contributed by atoms with Gasteiger partial charge in [-0.05, 0) is 22.3 Å². The molecule has 24 heavy (non-hydrogen) atoms. The van der Waals surface area contributed by atoms with Crippen LogP contribution in [-0.2, 0) is 19.6 Å². The fourth-order valence-electron chi connectivity index (χ4n) is 2.87. The normalized spacial score (nSPS) is 10.7. The van der Waals surface area contributed by atoms with Gasteiger partial charge in [0.05, 0.1) is 0 Å². The van der Waals surface area contributed by atoms with Crippen LogP contribution in [0, 0.1) is 0 Å². The van der Waals surface area contributed by atoms with Crippen LogP contribution in [0.2, 0.25) is 0 Å². The van der Waals surface area contributed by atoms with Crippen molar-refractivity contribution in [2.24, 2.45) is 0 Å². The van der Waals surface area contributed by atoms with Gasteiger partial charge in [0.15, 0.2) is 0 Å². The minimum Gasteiger partial charge on any atom is -0.291 e. The van der Waals surface area contributed by atoms with Crippen LogP contribution in [0.15, 0.2) is 91.5 Å². The molecule has 0 aliphatic heterocycles. The van der Waals surface area contributed by atoms with Gasteiger partial charge in [-0.3, -0.25) is 4.90 Å². The fourth-order valence-corrected chi connectivity index (χ4v) is 2.87. The molecule has 0 heterocycles. The lowest BCUT2D eigenvalue weighted by Gasteiger charge is -2.23. The summed E-state index contributed by atoms with van der Waals surface area (Å²) in [6.07, 6.45) is 1.88. The smallest absolute Gasteiger partial charge is 0.0240 e. The Balaban J connectivity index is 1.76. The monoisotopic (exact) mass is 313 g/mol. The van der Waals surface area contributed by atoms with Crippen molar-refractivity contribution in [3.05, 3.63) is 114 Å². The molecule has 0 N–H and O–H groups in total. The van der Waals surface area contributed by atoms with Crippen LogP contribution >= 0.6 is 0 Å². The molecule has 0 fully saturated rings. The molecule has 1 nitrogen and oxygen atoms in total. The molecular weight excluding hydrogens is 290 g/mol.